The number of hydrogen-bond donors (Lipinski definition) is 2. The Bertz CT molecular complexity index is 510. The van der Waals surface area contributed by atoms with Crippen molar-refractivity contribution in [1.29, 1.82) is 0 Å². The molecule has 1 aromatic rings. The highest BCUT2D eigenvalue weighted by atomic mass is 19.1. The molecule has 3 N–H and O–H groups in total. The van der Waals surface area contributed by atoms with Crippen molar-refractivity contribution in [2.45, 2.75) is 58.7 Å². The maximum absolute atomic E-state index is 14.0. The minimum Gasteiger partial charge on any atom is -0.459 e. The topological polar surface area (TPSA) is 64.3 Å². The Morgan fingerprint density at radius 1 is 1.41 bits per heavy atom. The normalized spacial score (nSPS) is 14.5. The molecule has 0 amide bonds. The van der Waals surface area contributed by atoms with E-state index in [4.69, 9.17) is 10.5 Å². The number of nitrogens with two attached hydrogens (primary N) is 1. The first-order valence-electron chi connectivity index (χ1n) is 7.55. The van der Waals surface area contributed by atoms with Crippen LogP contribution in [0, 0.1) is 12.7 Å². The summed E-state index contributed by atoms with van der Waals surface area (Å²) in [5.74, 6) is -0.704. The average Bonchev–Trinajstić information content (AvgIpc) is 2.34. The molecule has 0 heterocycles. The Morgan fingerprint density at radius 2 is 2.05 bits per heavy atom. The van der Waals surface area contributed by atoms with Gasteiger partial charge in [0.05, 0.1) is 0 Å². The fourth-order valence-corrected chi connectivity index (χ4v) is 1.98. The molecule has 0 saturated heterocycles. The number of carbonyl (C=O) groups is 1. The van der Waals surface area contributed by atoms with Crippen LogP contribution in [0.1, 0.15) is 38.8 Å². The molecule has 0 aromatic heterocycles. The molecule has 1 aromatic carbocycles. The summed E-state index contributed by atoms with van der Waals surface area (Å²) in [7, 11) is 0. The Kier molecular flexibility index (Phi) is 6.50. The zero-order chi connectivity index (χ0) is 16.9. The first kappa shape index (κ1) is 18.6. The van der Waals surface area contributed by atoms with Gasteiger partial charge < -0.3 is 15.8 Å². The third-order valence-corrected chi connectivity index (χ3v) is 3.01. The minimum atomic E-state index is -0.623. The summed E-state index contributed by atoms with van der Waals surface area (Å²) in [6.45, 7) is 9.54. The van der Waals surface area contributed by atoms with Gasteiger partial charge in [0.1, 0.15) is 17.5 Å². The maximum Gasteiger partial charge on any atom is 0.324 e. The van der Waals surface area contributed by atoms with Gasteiger partial charge in [0, 0.05) is 19.0 Å². The summed E-state index contributed by atoms with van der Waals surface area (Å²) < 4.78 is 19.4. The molecule has 2 atom stereocenters. The van der Waals surface area contributed by atoms with Gasteiger partial charge >= 0.3 is 5.97 Å². The first-order chi connectivity index (χ1) is 10.1. The molecule has 0 fully saturated rings. The van der Waals surface area contributed by atoms with Crippen molar-refractivity contribution in [2.75, 3.05) is 6.54 Å². The third kappa shape index (κ3) is 6.54. The van der Waals surface area contributed by atoms with Gasteiger partial charge in [-0.05, 0) is 51.8 Å². The van der Waals surface area contributed by atoms with E-state index < -0.39 is 17.6 Å². The molecule has 124 valence electrons. The highest BCUT2D eigenvalue weighted by Crippen LogP contribution is 2.15. The predicted octanol–water partition coefficient (Wildman–Crippen LogP) is 2.32. The van der Waals surface area contributed by atoms with Crippen LogP contribution in [0.5, 0.6) is 0 Å². The quantitative estimate of drug-likeness (QED) is 0.792. The molecule has 0 unspecified atom stereocenters. The van der Waals surface area contributed by atoms with Crippen molar-refractivity contribution in [1.82, 2.24) is 5.32 Å². The maximum atomic E-state index is 14.0. The number of rotatable bonds is 6. The van der Waals surface area contributed by atoms with Crippen LogP contribution in [0.25, 0.3) is 0 Å². The van der Waals surface area contributed by atoms with E-state index in [0.29, 0.717) is 12.1 Å². The molecule has 1 rings (SSSR count). The molecule has 0 aliphatic carbocycles. The van der Waals surface area contributed by atoms with E-state index >= 15 is 0 Å². The Morgan fingerprint density at radius 3 is 2.55 bits per heavy atom. The lowest BCUT2D eigenvalue weighted by Gasteiger charge is -2.25. The van der Waals surface area contributed by atoms with Crippen LogP contribution >= 0.6 is 0 Å². The van der Waals surface area contributed by atoms with Gasteiger partial charge in [0.2, 0.25) is 0 Å². The number of nitrogens with one attached hydrogen (secondary N) is 1. The van der Waals surface area contributed by atoms with Gasteiger partial charge in [-0.2, -0.15) is 0 Å². The summed E-state index contributed by atoms with van der Waals surface area (Å²) in [6.07, 6.45) is 0.230. The lowest BCUT2D eigenvalue weighted by molar-refractivity contribution is -0.157. The van der Waals surface area contributed by atoms with E-state index in [1.165, 1.54) is 6.07 Å². The number of benzene rings is 1. The standard InChI is InChI=1S/C17H27FN2O2/c1-11-6-7-13(14(18)8-11)9-15(20-10-12(2)19)16(21)22-17(3,4)5/h6-8,12,15,20H,9-10,19H2,1-5H3/t12-,15-/m0/s1. The smallest absolute Gasteiger partial charge is 0.324 e. The van der Waals surface area contributed by atoms with Crippen LogP contribution in [0.2, 0.25) is 0 Å². The molecule has 22 heavy (non-hydrogen) atoms. The van der Waals surface area contributed by atoms with Crippen LogP contribution in [0.4, 0.5) is 4.39 Å². The van der Waals surface area contributed by atoms with Crippen LogP contribution in [0.3, 0.4) is 0 Å². The van der Waals surface area contributed by atoms with Crippen LogP contribution < -0.4 is 11.1 Å². The largest absolute Gasteiger partial charge is 0.459 e. The molecule has 0 aliphatic rings. The van der Waals surface area contributed by atoms with Gasteiger partial charge in [-0.25, -0.2) is 4.39 Å². The zero-order valence-electron chi connectivity index (χ0n) is 14.1. The van der Waals surface area contributed by atoms with Crippen molar-refractivity contribution < 1.29 is 13.9 Å². The zero-order valence-corrected chi connectivity index (χ0v) is 14.1. The van der Waals surface area contributed by atoms with Gasteiger partial charge in [0.15, 0.2) is 0 Å². The number of carbonyl (C=O) groups excluding carboxylic acids is 1. The number of halogens is 1. The molecule has 0 radical (unpaired) electrons. The highest BCUT2D eigenvalue weighted by Gasteiger charge is 2.26. The van der Waals surface area contributed by atoms with E-state index in [1.54, 1.807) is 26.8 Å². The monoisotopic (exact) mass is 310 g/mol. The van der Waals surface area contributed by atoms with Crippen molar-refractivity contribution in [3.05, 3.63) is 35.1 Å². The van der Waals surface area contributed by atoms with Crippen molar-refractivity contribution in [3.8, 4) is 0 Å². The second-order valence-electron chi connectivity index (χ2n) is 6.77. The summed E-state index contributed by atoms with van der Waals surface area (Å²) in [5.41, 5.74) is 6.47. The number of aryl methyl sites for hydroxylation is 1. The van der Waals surface area contributed by atoms with E-state index in [2.05, 4.69) is 5.32 Å². The SMILES string of the molecule is Cc1ccc(C[C@H](NC[C@H](C)N)C(=O)OC(C)(C)C)c(F)c1. The number of esters is 1. The van der Waals surface area contributed by atoms with Crippen molar-refractivity contribution in [2.24, 2.45) is 5.73 Å². The summed E-state index contributed by atoms with van der Waals surface area (Å²) in [6, 6.07) is 4.27. The Balaban J connectivity index is 2.87. The summed E-state index contributed by atoms with van der Waals surface area (Å²) >= 11 is 0. The second kappa shape index (κ2) is 7.70. The molecule has 0 bridgehead atoms. The molecule has 0 spiro atoms. The fourth-order valence-electron chi connectivity index (χ4n) is 1.98. The van der Waals surface area contributed by atoms with Gasteiger partial charge in [0.25, 0.3) is 0 Å². The lowest BCUT2D eigenvalue weighted by atomic mass is 10.0. The Hall–Kier alpha value is -1.46. The predicted molar refractivity (Wildman–Crippen MR) is 86.1 cm³/mol. The highest BCUT2D eigenvalue weighted by molar-refractivity contribution is 5.76. The molecule has 0 saturated carbocycles. The Labute approximate surface area is 132 Å². The van der Waals surface area contributed by atoms with Crippen LogP contribution in [-0.4, -0.2) is 30.2 Å². The summed E-state index contributed by atoms with van der Waals surface area (Å²) in [4.78, 5) is 12.3. The van der Waals surface area contributed by atoms with Gasteiger partial charge in [-0.1, -0.05) is 12.1 Å². The second-order valence-corrected chi connectivity index (χ2v) is 6.77. The molecular formula is C17H27FN2O2. The van der Waals surface area contributed by atoms with E-state index in [0.717, 1.165) is 5.56 Å². The average molecular weight is 310 g/mol. The van der Waals surface area contributed by atoms with Gasteiger partial charge in [-0.3, -0.25) is 4.79 Å². The molecule has 0 aliphatic heterocycles. The fraction of sp³-hybridized carbons (Fsp3) is 0.588. The summed E-state index contributed by atoms with van der Waals surface area (Å²) in [5, 5.41) is 3.07. The first-order valence-corrected chi connectivity index (χ1v) is 7.55. The third-order valence-electron chi connectivity index (χ3n) is 3.01. The van der Waals surface area contributed by atoms with Crippen LogP contribution in [0.15, 0.2) is 18.2 Å². The van der Waals surface area contributed by atoms with E-state index in [1.807, 2.05) is 19.9 Å². The minimum absolute atomic E-state index is 0.104. The van der Waals surface area contributed by atoms with Crippen LogP contribution in [-0.2, 0) is 16.0 Å². The number of hydrogen-bond acceptors (Lipinski definition) is 4. The van der Waals surface area contributed by atoms with E-state index in [-0.39, 0.29) is 18.3 Å². The molecule has 5 heteroatoms. The molecule has 4 nitrogen and oxygen atoms in total. The lowest BCUT2D eigenvalue weighted by Crippen LogP contribution is -2.46. The number of ether oxygens (including phenoxy) is 1. The van der Waals surface area contributed by atoms with Gasteiger partial charge in [-0.15, -0.1) is 0 Å². The van der Waals surface area contributed by atoms with E-state index in [9.17, 15) is 9.18 Å². The van der Waals surface area contributed by atoms with Crippen molar-refractivity contribution >= 4 is 5.97 Å². The van der Waals surface area contributed by atoms with Crippen molar-refractivity contribution in [3.63, 3.8) is 0 Å². The molecular weight excluding hydrogens is 283 g/mol.